The van der Waals surface area contributed by atoms with Crippen LogP contribution in [0.4, 0.5) is 0 Å². The Morgan fingerprint density at radius 2 is 1.09 bits per heavy atom. The number of nitrogens with zero attached hydrogens (tertiary/aromatic N) is 1. The van der Waals surface area contributed by atoms with E-state index in [1.165, 1.54) is 4.90 Å². The molecule has 23 heavy (non-hydrogen) atoms. The van der Waals surface area contributed by atoms with Crippen LogP contribution >= 0.6 is 0 Å². The van der Waals surface area contributed by atoms with Crippen LogP contribution in [-0.2, 0) is 0 Å². The monoisotopic (exact) mass is 342 g/mol. The molecule has 0 rings (SSSR count). The van der Waals surface area contributed by atoms with Gasteiger partial charge in [-0.15, -0.1) is 0 Å². The lowest BCUT2D eigenvalue weighted by Crippen LogP contribution is -2.50. The Morgan fingerprint density at radius 1 is 0.696 bits per heavy atom. The van der Waals surface area contributed by atoms with Crippen LogP contribution in [0.5, 0.6) is 0 Å². The molecule has 0 aliphatic rings. The molecule has 0 radical (unpaired) electrons. The van der Waals surface area contributed by atoms with Crippen LogP contribution in [0.2, 0.25) is 0 Å². The first-order valence-corrected chi connectivity index (χ1v) is 7.50. The Bertz CT molecular complexity index is 275. The second kappa shape index (κ2) is 12.0. The number of rotatable bonds is 13. The van der Waals surface area contributed by atoms with Gasteiger partial charge in [-0.25, -0.2) is 0 Å². The highest BCUT2D eigenvalue weighted by molar-refractivity contribution is 4.82. The fourth-order valence-corrected chi connectivity index (χ4v) is 2.05. The molecule has 6 atom stereocenters. The van der Waals surface area contributed by atoms with Crippen molar-refractivity contribution in [3.8, 4) is 0 Å². The van der Waals surface area contributed by atoms with Gasteiger partial charge in [0, 0.05) is 13.1 Å². The number of nitrogens with two attached hydrogens (primary N) is 1. The molecule has 10 heteroatoms. The van der Waals surface area contributed by atoms with Crippen molar-refractivity contribution in [3.05, 3.63) is 0 Å². The summed E-state index contributed by atoms with van der Waals surface area (Å²) in [6, 6.07) is 0. The zero-order valence-corrected chi connectivity index (χ0v) is 13.0. The molecule has 0 aromatic carbocycles. The molecule has 140 valence electrons. The summed E-state index contributed by atoms with van der Waals surface area (Å²) in [5.74, 6) is 0. The van der Waals surface area contributed by atoms with E-state index in [9.17, 15) is 30.6 Å². The van der Waals surface area contributed by atoms with Crippen LogP contribution in [0.15, 0.2) is 0 Å². The molecule has 0 unspecified atom stereocenters. The molecule has 0 saturated heterocycles. The van der Waals surface area contributed by atoms with Gasteiger partial charge in [0.25, 0.3) is 0 Å². The van der Waals surface area contributed by atoms with Gasteiger partial charge in [-0.2, -0.15) is 0 Å². The highest BCUT2D eigenvalue weighted by atomic mass is 16.4. The molecule has 0 aliphatic carbocycles. The minimum atomic E-state index is -1.58. The van der Waals surface area contributed by atoms with Gasteiger partial charge >= 0.3 is 0 Å². The van der Waals surface area contributed by atoms with Crippen LogP contribution < -0.4 is 5.73 Å². The zero-order chi connectivity index (χ0) is 18.0. The van der Waals surface area contributed by atoms with E-state index in [1.54, 1.807) is 0 Å². The second-order valence-electron chi connectivity index (χ2n) is 5.52. The quantitative estimate of drug-likeness (QED) is 0.156. The maximum absolute atomic E-state index is 9.87. The van der Waals surface area contributed by atoms with Crippen molar-refractivity contribution in [1.29, 1.82) is 0 Å². The Kier molecular flexibility index (Phi) is 11.8. The standard InChI is InChI=1S/C13H30N2O8/c14-2-1-3-15(4-8(18)12(22)10(20)6-16)5-9(19)13(23)11(21)7-17/h8-13,16-23H,1-7,14H2/t8-,9-,10+,11+,12+,13+/m0/s1. The van der Waals surface area contributed by atoms with E-state index in [-0.39, 0.29) is 13.1 Å². The van der Waals surface area contributed by atoms with Crippen molar-refractivity contribution in [2.75, 3.05) is 39.4 Å². The Morgan fingerprint density at radius 3 is 1.39 bits per heavy atom. The minimum Gasteiger partial charge on any atom is -0.394 e. The van der Waals surface area contributed by atoms with Gasteiger partial charge in [0.15, 0.2) is 0 Å². The van der Waals surface area contributed by atoms with E-state index < -0.39 is 49.8 Å². The van der Waals surface area contributed by atoms with Crippen molar-refractivity contribution >= 4 is 0 Å². The smallest absolute Gasteiger partial charge is 0.109 e. The minimum absolute atomic E-state index is 0.156. The number of aliphatic hydroxyl groups excluding tert-OH is 8. The van der Waals surface area contributed by atoms with Crippen LogP contribution in [0.3, 0.4) is 0 Å². The molecule has 0 fully saturated rings. The van der Waals surface area contributed by atoms with Crippen LogP contribution in [0, 0.1) is 0 Å². The molecule has 0 spiro atoms. The third-order valence-electron chi connectivity index (χ3n) is 3.52. The lowest BCUT2D eigenvalue weighted by Gasteiger charge is -2.32. The highest BCUT2D eigenvalue weighted by Crippen LogP contribution is 2.07. The van der Waals surface area contributed by atoms with Crippen molar-refractivity contribution in [3.63, 3.8) is 0 Å². The van der Waals surface area contributed by atoms with Crippen LogP contribution in [0.1, 0.15) is 6.42 Å². The molecular weight excluding hydrogens is 312 g/mol. The first-order valence-electron chi connectivity index (χ1n) is 7.50. The fraction of sp³-hybridized carbons (Fsp3) is 1.00. The van der Waals surface area contributed by atoms with Crippen molar-refractivity contribution < 1.29 is 40.9 Å². The van der Waals surface area contributed by atoms with Crippen molar-refractivity contribution in [1.82, 2.24) is 4.90 Å². The summed E-state index contributed by atoms with van der Waals surface area (Å²) in [6.45, 7) is -1.08. The molecule has 10 nitrogen and oxygen atoms in total. The van der Waals surface area contributed by atoms with Crippen LogP contribution in [0.25, 0.3) is 0 Å². The third kappa shape index (κ3) is 8.31. The lowest BCUT2D eigenvalue weighted by atomic mass is 10.1. The summed E-state index contributed by atoms with van der Waals surface area (Å²) in [6.07, 6.45) is -8.46. The van der Waals surface area contributed by atoms with Gasteiger partial charge in [0.2, 0.25) is 0 Å². The summed E-state index contributed by atoms with van der Waals surface area (Å²) in [5, 5.41) is 75.1. The van der Waals surface area contributed by atoms with Crippen molar-refractivity contribution in [2.45, 2.75) is 43.0 Å². The second-order valence-corrected chi connectivity index (χ2v) is 5.52. The predicted molar refractivity (Wildman–Crippen MR) is 80.3 cm³/mol. The maximum atomic E-state index is 9.87. The Hall–Kier alpha value is -0.400. The van der Waals surface area contributed by atoms with Gasteiger partial charge in [-0.1, -0.05) is 0 Å². The summed E-state index contributed by atoms with van der Waals surface area (Å²) in [4.78, 5) is 1.49. The molecule has 0 saturated carbocycles. The maximum Gasteiger partial charge on any atom is 0.109 e. The summed E-state index contributed by atoms with van der Waals surface area (Å²) >= 11 is 0. The first kappa shape index (κ1) is 22.6. The average molecular weight is 342 g/mol. The third-order valence-corrected chi connectivity index (χ3v) is 3.52. The number of aliphatic hydroxyl groups is 8. The van der Waals surface area contributed by atoms with E-state index in [1.807, 2.05) is 0 Å². The normalized spacial score (nSPS) is 20.1. The molecule has 0 bridgehead atoms. The van der Waals surface area contributed by atoms with Gasteiger partial charge < -0.3 is 46.6 Å². The fourth-order valence-electron chi connectivity index (χ4n) is 2.05. The molecule has 0 aromatic rings. The largest absolute Gasteiger partial charge is 0.394 e. The SMILES string of the molecule is NCCCN(C[C@H](O)[C@@H](O)[C@H](O)CO)C[C@H](O)[C@@H](O)[C@H](O)CO. The topological polar surface area (TPSA) is 191 Å². The predicted octanol–water partition coefficient (Wildman–Crippen LogP) is -5.21. The molecule has 0 amide bonds. The Balaban J connectivity index is 4.67. The van der Waals surface area contributed by atoms with E-state index >= 15 is 0 Å². The molecular formula is C13H30N2O8. The average Bonchev–Trinajstić information content (AvgIpc) is 2.56. The number of hydrogen-bond donors (Lipinski definition) is 9. The van der Waals surface area contributed by atoms with E-state index in [0.29, 0.717) is 19.5 Å². The van der Waals surface area contributed by atoms with Gasteiger partial charge in [-0.05, 0) is 19.5 Å². The molecule has 0 heterocycles. The Labute approximate surface area is 135 Å². The first-order chi connectivity index (χ1) is 10.8. The van der Waals surface area contributed by atoms with E-state index in [2.05, 4.69) is 0 Å². The molecule has 0 aliphatic heterocycles. The summed E-state index contributed by atoms with van der Waals surface area (Å²) in [5.41, 5.74) is 5.40. The summed E-state index contributed by atoms with van der Waals surface area (Å²) < 4.78 is 0. The van der Waals surface area contributed by atoms with Crippen molar-refractivity contribution in [2.24, 2.45) is 5.73 Å². The van der Waals surface area contributed by atoms with Gasteiger partial charge in [0.1, 0.15) is 24.4 Å². The van der Waals surface area contributed by atoms with E-state index in [4.69, 9.17) is 15.9 Å². The van der Waals surface area contributed by atoms with Crippen LogP contribution in [-0.4, -0.2) is 122 Å². The molecule has 10 N–H and O–H groups in total. The van der Waals surface area contributed by atoms with Gasteiger partial charge in [0.05, 0.1) is 25.4 Å². The highest BCUT2D eigenvalue weighted by Gasteiger charge is 2.29. The van der Waals surface area contributed by atoms with E-state index in [0.717, 1.165) is 0 Å². The molecule has 0 aromatic heterocycles. The number of hydrogen-bond acceptors (Lipinski definition) is 10. The van der Waals surface area contributed by atoms with Gasteiger partial charge in [-0.3, -0.25) is 4.90 Å². The lowest BCUT2D eigenvalue weighted by molar-refractivity contribution is -0.100. The summed E-state index contributed by atoms with van der Waals surface area (Å²) in [7, 11) is 0. The zero-order valence-electron chi connectivity index (χ0n) is 13.0.